The predicted octanol–water partition coefficient (Wildman–Crippen LogP) is 2.74. The van der Waals surface area contributed by atoms with Gasteiger partial charge in [-0.3, -0.25) is 14.7 Å². The zero-order valence-corrected chi connectivity index (χ0v) is 16.0. The number of morpholine rings is 1. The molecule has 1 saturated heterocycles. The van der Waals surface area contributed by atoms with E-state index in [1.165, 1.54) is 6.20 Å². The molecule has 1 amide bonds. The number of pyridine rings is 1. The number of anilines is 2. The lowest BCUT2D eigenvalue weighted by atomic mass is 10.2. The number of carbonyl (C=O) groups excluding carboxylic acids is 1. The molecule has 0 radical (unpaired) electrons. The van der Waals surface area contributed by atoms with Gasteiger partial charge in [0.2, 0.25) is 0 Å². The van der Waals surface area contributed by atoms with Crippen molar-refractivity contribution in [1.82, 2.24) is 9.88 Å². The van der Waals surface area contributed by atoms with Gasteiger partial charge < -0.3 is 20.1 Å². The molecule has 3 rings (SSSR count). The van der Waals surface area contributed by atoms with Gasteiger partial charge in [-0.15, -0.1) is 0 Å². The Morgan fingerprint density at radius 1 is 1.30 bits per heavy atom. The van der Waals surface area contributed by atoms with Crippen molar-refractivity contribution in [3.8, 4) is 5.75 Å². The molecule has 2 heterocycles. The van der Waals surface area contributed by atoms with Gasteiger partial charge in [0.05, 0.1) is 37.3 Å². The van der Waals surface area contributed by atoms with Crippen LogP contribution in [0.3, 0.4) is 0 Å². The van der Waals surface area contributed by atoms with Gasteiger partial charge in [0.15, 0.2) is 0 Å². The molecular weight excluding hydrogens is 368 g/mol. The molecule has 27 heavy (non-hydrogen) atoms. The highest BCUT2D eigenvalue weighted by Gasteiger charge is 2.12. The lowest BCUT2D eigenvalue weighted by Crippen LogP contribution is -2.39. The Balaban J connectivity index is 1.59. The lowest BCUT2D eigenvalue weighted by Gasteiger charge is -2.26. The van der Waals surface area contributed by atoms with E-state index in [1.54, 1.807) is 37.6 Å². The van der Waals surface area contributed by atoms with Crippen LogP contribution in [0.1, 0.15) is 10.4 Å². The quantitative estimate of drug-likeness (QED) is 0.757. The number of rotatable bonds is 7. The molecule has 1 aromatic heterocycles. The second kappa shape index (κ2) is 9.55. The monoisotopic (exact) mass is 390 g/mol. The molecule has 1 aliphatic rings. The minimum absolute atomic E-state index is 0.278. The summed E-state index contributed by atoms with van der Waals surface area (Å²) in [6.07, 6.45) is 3.23. The van der Waals surface area contributed by atoms with E-state index in [0.29, 0.717) is 22.0 Å². The van der Waals surface area contributed by atoms with Gasteiger partial charge in [0.1, 0.15) is 5.75 Å². The van der Waals surface area contributed by atoms with Crippen LogP contribution in [0.2, 0.25) is 5.02 Å². The topological polar surface area (TPSA) is 75.7 Å². The molecule has 2 aromatic rings. The number of aromatic nitrogens is 1. The summed E-state index contributed by atoms with van der Waals surface area (Å²) in [5, 5.41) is 6.64. The SMILES string of the molecule is COc1ccc(Cl)cc1NC(=O)c1cncc(NCCN2CCOCC2)c1. The maximum atomic E-state index is 12.6. The number of ether oxygens (including phenoxy) is 2. The molecule has 0 saturated carbocycles. The highest BCUT2D eigenvalue weighted by molar-refractivity contribution is 6.31. The van der Waals surface area contributed by atoms with Gasteiger partial charge in [0.25, 0.3) is 5.91 Å². The van der Waals surface area contributed by atoms with Crippen molar-refractivity contribution in [2.45, 2.75) is 0 Å². The van der Waals surface area contributed by atoms with Crippen LogP contribution < -0.4 is 15.4 Å². The number of methoxy groups -OCH3 is 1. The van der Waals surface area contributed by atoms with E-state index in [-0.39, 0.29) is 5.91 Å². The fraction of sp³-hybridized carbons (Fsp3) is 0.368. The number of nitrogens with one attached hydrogen (secondary N) is 2. The van der Waals surface area contributed by atoms with Crippen LogP contribution in [0, 0.1) is 0 Å². The van der Waals surface area contributed by atoms with Crippen molar-refractivity contribution in [2.24, 2.45) is 0 Å². The second-order valence-corrected chi connectivity index (χ2v) is 6.58. The minimum atomic E-state index is -0.278. The summed E-state index contributed by atoms with van der Waals surface area (Å²) < 4.78 is 10.6. The van der Waals surface area contributed by atoms with Crippen molar-refractivity contribution < 1.29 is 14.3 Å². The second-order valence-electron chi connectivity index (χ2n) is 6.14. The highest BCUT2D eigenvalue weighted by atomic mass is 35.5. The van der Waals surface area contributed by atoms with Gasteiger partial charge in [0, 0.05) is 43.6 Å². The summed E-state index contributed by atoms with van der Waals surface area (Å²) in [6, 6.07) is 6.84. The fourth-order valence-electron chi connectivity index (χ4n) is 2.82. The molecule has 0 aliphatic carbocycles. The van der Waals surface area contributed by atoms with Crippen LogP contribution in [0.5, 0.6) is 5.75 Å². The normalized spacial score (nSPS) is 14.6. The van der Waals surface area contributed by atoms with Crippen molar-refractivity contribution >= 4 is 28.9 Å². The lowest BCUT2D eigenvalue weighted by molar-refractivity contribution is 0.0398. The molecule has 144 valence electrons. The van der Waals surface area contributed by atoms with Crippen LogP contribution in [-0.4, -0.2) is 62.3 Å². The van der Waals surface area contributed by atoms with Crippen molar-refractivity contribution in [2.75, 3.05) is 57.1 Å². The minimum Gasteiger partial charge on any atom is -0.495 e. The maximum Gasteiger partial charge on any atom is 0.257 e. The van der Waals surface area contributed by atoms with Gasteiger partial charge >= 0.3 is 0 Å². The van der Waals surface area contributed by atoms with Crippen molar-refractivity contribution in [3.05, 3.63) is 47.2 Å². The number of benzene rings is 1. The highest BCUT2D eigenvalue weighted by Crippen LogP contribution is 2.28. The average molecular weight is 391 g/mol. The zero-order chi connectivity index (χ0) is 19.1. The summed E-state index contributed by atoms with van der Waals surface area (Å²) in [4.78, 5) is 19.1. The maximum absolute atomic E-state index is 12.6. The molecule has 1 fully saturated rings. The van der Waals surface area contributed by atoms with E-state index in [1.807, 2.05) is 0 Å². The van der Waals surface area contributed by atoms with Crippen LogP contribution in [0.4, 0.5) is 11.4 Å². The molecule has 0 atom stereocenters. The molecule has 1 aromatic carbocycles. The molecule has 0 unspecified atom stereocenters. The first-order chi connectivity index (χ1) is 13.2. The largest absolute Gasteiger partial charge is 0.495 e. The third-order valence-corrected chi connectivity index (χ3v) is 4.51. The van der Waals surface area contributed by atoms with E-state index in [2.05, 4.69) is 20.5 Å². The van der Waals surface area contributed by atoms with Gasteiger partial charge in [-0.2, -0.15) is 0 Å². The van der Waals surface area contributed by atoms with Crippen LogP contribution >= 0.6 is 11.6 Å². The third kappa shape index (κ3) is 5.56. The first-order valence-corrected chi connectivity index (χ1v) is 9.17. The smallest absolute Gasteiger partial charge is 0.257 e. The Morgan fingerprint density at radius 2 is 2.11 bits per heavy atom. The number of amides is 1. The number of halogens is 1. The average Bonchev–Trinajstić information content (AvgIpc) is 2.69. The zero-order valence-electron chi connectivity index (χ0n) is 15.2. The number of nitrogens with zero attached hydrogens (tertiary/aromatic N) is 2. The first kappa shape index (κ1) is 19.4. The molecule has 0 spiro atoms. The van der Waals surface area contributed by atoms with Crippen LogP contribution in [0.15, 0.2) is 36.7 Å². The Morgan fingerprint density at radius 3 is 2.89 bits per heavy atom. The van der Waals surface area contributed by atoms with Crippen molar-refractivity contribution in [1.29, 1.82) is 0 Å². The fourth-order valence-corrected chi connectivity index (χ4v) is 2.99. The third-order valence-electron chi connectivity index (χ3n) is 4.27. The summed E-state index contributed by atoms with van der Waals surface area (Å²) in [6.45, 7) is 5.15. The van der Waals surface area contributed by atoms with Crippen molar-refractivity contribution in [3.63, 3.8) is 0 Å². The predicted molar refractivity (Wildman–Crippen MR) is 106 cm³/mol. The van der Waals surface area contributed by atoms with E-state index < -0.39 is 0 Å². The Bertz CT molecular complexity index is 781. The summed E-state index contributed by atoms with van der Waals surface area (Å²) >= 11 is 6.01. The van der Waals surface area contributed by atoms with Crippen LogP contribution in [-0.2, 0) is 4.74 Å². The van der Waals surface area contributed by atoms with Gasteiger partial charge in [-0.05, 0) is 24.3 Å². The van der Waals surface area contributed by atoms with E-state index in [0.717, 1.165) is 45.1 Å². The summed E-state index contributed by atoms with van der Waals surface area (Å²) in [5.41, 5.74) is 1.77. The number of hydrogen-bond donors (Lipinski definition) is 2. The molecule has 0 bridgehead atoms. The van der Waals surface area contributed by atoms with E-state index in [9.17, 15) is 4.79 Å². The summed E-state index contributed by atoms with van der Waals surface area (Å²) in [5.74, 6) is 0.264. The summed E-state index contributed by atoms with van der Waals surface area (Å²) in [7, 11) is 1.54. The molecular formula is C19H23ClN4O3. The molecule has 1 aliphatic heterocycles. The molecule has 8 heteroatoms. The van der Waals surface area contributed by atoms with Gasteiger partial charge in [-0.1, -0.05) is 11.6 Å². The van der Waals surface area contributed by atoms with Gasteiger partial charge in [-0.25, -0.2) is 0 Å². The molecule has 2 N–H and O–H groups in total. The van der Waals surface area contributed by atoms with E-state index in [4.69, 9.17) is 21.1 Å². The standard InChI is InChI=1S/C19H23ClN4O3/c1-26-18-3-2-15(20)11-17(18)23-19(25)14-10-16(13-21-12-14)22-4-5-24-6-8-27-9-7-24/h2-3,10-13,22H,4-9H2,1H3,(H,23,25). The van der Waals surface area contributed by atoms with E-state index >= 15 is 0 Å². The Hall–Kier alpha value is -2.35. The van der Waals surface area contributed by atoms with Crippen LogP contribution in [0.25, 0.3) is 0 Å². The Labute approximate surface area is 163 Å². The molecule has 7 nitrogen and oxygen atoms in total. The number of hydrogen-bond acceptors (Lipinski definition) is 6. The Kier molecular flexibility index (Phi) is 6.86. The number of carbonyl (C=O) groups is 1. The first-order valence-electron chi connectivity index (χ1n) is 8.79.